The van der Waals surface area contributed by atoms with Gasteiger partial charge in [-0.05, 0) is 159 Å². The van der Waals surface area contributed by atoms with E-state index in [4.69, 9.17) is 47.7 Å². The molecule has 0 bridgehead atoms. The van der Waals surface area contributed by atoms with Crippen molar-refractivity contribution in [3.8, 4) is 143 Å². The number of pyridine rings is 7. The van der Waals surface area contributed by atoms with Crippen molar-refractivity contribution in [2.24, 2.45) is 0 Å². The molecule has 0 aliphatic carbocycles. The fourth-order valence-corrected chi connectivity index (χ4v) is 12.0. The van der Waals surface area contributed by atoms with Crippen molar-refractivity contribution in [1.82, 2.24) is 34.9 Å². The predicted octanol–water partition coefficient (Wildman–Crippen LogP) is 23.8. The number of carbonyl (C=O) groups is 2. The summed E-state index contributed by atoms with van der Waals surface area (Å²) in [6.45, 7) is 0.406. The predicted molar refractivity (Wildman–Crippen MR) is 502 cm³/mol. The minimum absolute atomic E-state index is 0. The van der Waals surface area contributed by atoms with E-state index in [-0.39, 0.29) is 62.2 Å². The molecule has 0 aliphatic rings. The molecule has 9 aromatic carbocycles. The number of halogens is 3. The summed E-state index contributed by atoms with van der Waals surface area (Å²) in [6, 6.07) is 106. The smallest absolute Gasteiger partial charge is 0.220 e. The van der Waals surface area contributed by atoms with E-state index in [9.17, 15) is 24.9 Å². The number of aromatic nitrogens is 7. The lowest BCUT2D eigenvalue weighted by Crippen LogP contribution is -2.05. The molecule has 0 fully saturated rings. The zero-order valence-electron chi connectivity index (χ0n) is 65.9. The van der Waals surface area contributed by atoms with Crippen LogP contribution in [0.25, 0.3) is 67.5 Å². The van der Waals surface area contributed by atoms with E-state index in [1.807, 2.05) is 302 Å². The summed E-state index contributed by atoms with van der Waals surface area (Å²) in [4.78, 5) is 52.9. The van der Waals surface area contributed by atoms with Gasteiger partial charge in [0.2, 0.25) is 17.6 Å². The Hall–Kier alpha value is -13.6. The lowest BCUT2D eigenvalue weighted by atomic mass is 10.1. The second-order valence-electron chi connectivity index (χ2n) is 25.0. The van der Waals surface area contributed by atoms with Crippen LogP contribution in [0.5, 0.6) is 75.1 Å². The fourth-order valence-electron chi connectivity index (χ4n) is 10.9. The third-order valence-electron chi connectivity index (χ3n) is 16.4. The van der Waals surface area contributed by atoms with Gasteiger partial charge in [-0.25, -0.2) is 29.9 Å². The molecular weight excluding hydrogens is 1900 g/mol. The second kappa shape index (κ2) is 51.1. The molecule has 0 spiro atoms. The molecule has 0 radical (unpaired) electrons. The quantitative estimate of drug-likeness (QED) is 0.0200. The topological polar surface area (TPSA) is 288 Å². The number of benzene rings is 9. The Labute approximate surface area is 753 Å². The van der Waals surface area contributed by atoms with Gasteiger partial charge in [-0.3, -0.25) is 14.6 Å². The monoisotopic (exact) mass is 1980 g/mol. The summed E-state index contributed by atoms with van der Waals surface area (Å²) in [7, 11) is 4.70. The molecule has 0 aliphatic heterocycles. The molecule has 0 amide bonds. The van der Waals surface area contributed by atoms with Gasteiger partial charge < -0.3 is 63.1 Å². The Balaban J connectivity index is 0.000000166. The molecular formula is C98H84I3N7O15. The molecule has 0 unspecified atom stereocenters. The fraction of sp³-hybridized carbons (Fsp3) is 0.0714. The van der Waals surface area contributed by atoms with Gasteiger partial charge in [0, 0.05) is 85.3 Å². The number of hydrogen-bond donors (Lipinski definition) is 4. The Morgan fingerprint density at radius 2 is 0.626 bits per heavy atom. The van der Waals surface area contributed by atoms with Gasteiger partial charge in [0.15, 0.2) is 44.5 Å². The number of carbonyl (C=O) groups excluding carboxylic acids is 2. The van der Waals surface area contributed by atoms with Crippen LogP contribution in [0.1, 0.15) is 28.1 Å². The first-order chi connectivity index (χ1) is 59.7. The number of nitrogens with zero attached hydrogens (tertiary/aromatic N) is 7. The van der Waals surface area contributed by atoms with Gasteiger partial charge in [-0.2, -0.15) is 0 Å². The summed E-state index contributed by atoms with van der Waals surface area (Å²) >= 11 is 6.28. The first kappa shape index (κ1) is 93.3. The Morgan fingerprint density at radius 3 is 1.04 bits per heavy atom. The highest BCUT2D eigenvalue weighted by Crippen LogP contribution is 2.38. The normalized spacial score (nSPS) is 10.0. The SMILES string of the molecule is C.COCOc1c(C=O)cc(Oc2ccccc2)nc1-c1ccccc1.COCOc1ccc(I)nc1-c1ccccc1.COCOc1ccc(Oc2ccccc2)nc1-c1ccccc1.O=Cc1cc(Oc2ccccc2)nc(-c2ccccc2)c1O.Oc1ccc(I)nc1-c1ccccc1.Oc1cccnc1-c1ccccc1.Oc1cccnc1I. The first-order valence-electron chi connectivity index (χ1n) is 37.2. The Bertz CT molecular complexity index is 5830. The molecule has 0 saturated heterocycles. The van der Waals surface area contributed by atoms with Gasteiger partial charge in [-0.1, -0.05) is 244 Å². The van der Waals surface area contributed by atoms with E-state index in [2.05, 4.69) is 80.1 Å². The van der Waals surface area contributed by atoms with Gasteiger partial charge >= 0.3 is 0 Å². The molecule has 7 aromatic heterocycles. The second-order valence-corrected chi connectivity index (χ2v) is 28.2. The lowest BCUT2D eigenvalue weighted by molar-refractivity contribution is 0.0506. The number of hydrogen-bond acceptors (Lipinski definition) is 22. The summed E-state index contributed by atoms with van der Waals surface area (Å²) in [6.07, 6.45) is 4.61. The number of aromatic hydroxyl groups is 4. The third kappa shape index (κ3) is 29.7. The van der Waals surface area contributed by atoms with Crippen molar-refractivity contribution in [2.45, 2.75) is 7.43 Å². The van der Waals surface area contributed by atoms with Crippen LogP contribution in [0.3, 0.4) is 0 Å². The van der Waals surface area contributed by atoms with E-state index < -0.39 is 0 Å². The van der Waals surface area contributed by atoms with Crippen LogP contribution < -0.4 is 28.4 Å². The number of ether oxygens (including phenoxy) is 9. The standard InChI is InChI=1S/C20H17NO4.C19H17NO3.C18H13NO3.C13H12INO2.C11H8INO.C11H9NO.C5H4INO.CH4/c1-23-14-24-20-16(13-22)12-18(25-17-10-6-3-7-11-17)21-19(20)15-8-4-2-5-9-15;1-21-14-22-17-12-13-18(23-16-10-6-3-7-11-16)20-19(17)15-8-4-2-5-9-15;20-12-14-11-16(22-15-9-5-2-6-10-15)19-17(18(14)21)13-7-3-1-4-8-13;1-16-9-17-11-7-8-12(14)15-13(11)10-5-3-2-4-6-10;12-10-7-6-9(14)11(13-10)8-4-2-1-3-5-8;13-10-7-4-8-12-11(10)9-5-2-1-3-6-9;6-5-4(8)2-1-3-7-5;/h2-13H,14H2,1H3;2-13H,14H2,1H3;1-12,21H;2-8H,9H2,1H3;1-7,14H;1-8,13H;1-3,8H;1H4. The van der Waals surface area contributed by atoms with E-state index in [1.54, 1.807) is 87.3 Å². The van der Waals surface area contributed by atoms with Crippen LogP contribution in [0, 0.1) is 11.1 Å². The summed E-state index contributed by atoms with van der Waals surface area (Å²) in [5, 5.41) is 38.2. The number of methoxy groups -OCH3 is 3. The van der Waals surface area contributed by atoms with Gasteiger partial charge in [0.25, 0.3) is 0 Å². The van der Waals surface area contributed by atoms with Crippen LogP contribution in [0.2, 0.25) is 0 Å². The van der Waals surface area contributed by atoms with Gasteiger partial charge in [0.1, 0.15) is 91.3 Å². The molecule has 22 nitrogen and oxygen atoms in total. The van der Waals surface area contributed by atoms with Crippen molar-refractivity contribution in [3.63, 3.8) is 0 Å². The van der Waals surface area contributed by atoms with Crippen molar-refractivity contribution >= 4 is 80.3 Å². The zero-order chi connectivity index (χ0) is 85.9. The van der Waals surface area contributed by atoms with Crippen LogP contribution in [-0.2, 0) is 14.2 Å². The number of para-hydroxylation sites is 3. The highest BCUT2D eigenvalue weighted by atomic mass is 127. The maximum absolute atomic E-state index is 11.6. The molecule has 25 heteroatoms. The van der Waals surface area contributed by atoms with Crippen LogP contribution in [0.15, 0.2) is 358 Å². The zero-order valence-corrected chi connectivity index (χ0v) is 72.4. The third-order valence-corrected chi connectivity index (χ3v) is 18.5. The molecule has 0 saturated carbocycles. The summed E-state index contributed by atoms with van der Waals surface area (Å²) in [5.74, 6) is 5.35. The van der Waals surface area contributed by atoms with Crippen molar-refractivity contribution < 1.29 is 72.6 Å². The van der Waals surface area contributed by atoms with Crippen LogP contribution >= 0.6 is 67.8 Å². The molecule has 622 valence electrons. The van der Waals surface area contributed by atoms with Gasteiger partial charge in [0.05, 0.1) is 11.1 Å². The van der Waals surface area contributed by atoms with E-state index in [0.717, 1.165) is 64.4 Å². The largest absolute Gasteiger partial charge is 0.506 e. The molecule has 16 aromatic rings. The maximum atomic E-state index is 11.6. The van der Waals surface area contributed by atoms with Crippen LogP contribution in [-0.4, -0.2) is 110 Å². The Kier molecular flexibility index (Phi) is 38.8. The Morgan fingerprint density at radius 1 is 0.301 bits per heavy atom. The molecule has 7 heterocycles. The molecule has 123 heavy (non-hydrogen) atoms. The number of aldehydes is 2. The minimum Gasteiger partial charge on any atom is -0.506 e. The first-order valence-corrected chi connectivity index (χ1v) is 40.5. The minimum atomic E-state index is -0.151. The summed E-state index contributed by atoms with van der Waals surface area (Å²) in [5.41, 5.74) is 9.53. The molecule has 16 rings (SSSR count). The van der Waals surface area contributed by atoms with Crippen molar-refractivity contribution in [2.75, 3.05) is 41.7 Å². The maximum Gasteiger partial charge on any atom is 0.220 e. The van der Waals surface area contributed by atoms with Crippen molar-refractivity contribution in [3.05, 3.63) is 380 Å². The van der Waals surface area contributed by atoms with E-state index in [0.29, 0.717) is 78.6 Å². The van der Waals surface area contributed by atoms with Crippen molar-refractivity contribution in [1.29, 1.82) is 0 Å². The average molecular weight is 1980 g/mol. The lowest BCUT2D eigenvalue weighted by Gasteiger charge is -2.14. The highest BCUT2D eigenvalue weighted by Gasteiger charge is 2.19. The highest BCUT2D eigenvalue weighted by molar-refractivity contribution is 14.1. The van der Waals surface area contributed by atoms with Crippen LogP contribution in [0.4, 0.5) is 0 Å². The average Bonchev–Trinajstić information content (AvgIpc) is 0.806. The van der Waals surface area contributed by atoms with Gasteiger partial charge in [-0.15, -0.1) is 0 Å². The van der Waals surface area contributed by atoms with E-state index in [1.165, 1.54) is 13.2 Å². The number of rotatable bonds is 23. The van der Waals surface area contributed by atoms with E-state index >= 15 is 0 Å². The molecule has 0 atom stereocenters. The molecule has 4 N–H and O–H groups in total. The summed E-state index contributed by atoms with van der Waals surface area (Å²) < 4.78 is 51.3.